The molecule has 204 valence electrons. The van der Waals surface area contributed by atoms with Gasteiger partial charge in [0.2, 0.25) is 5.75 Å². The molecule has 4 aromatic carbocycles. The minimum Gasteiger partial charge on any atom is -0.508 e. The Bertz CT molecular complexity index is 1620. The van der Waals surface area contributed by atoms with Crippen molar-refractivity contribution in [3.63, 3.8) is 0 Å². The maximum absolute atomic E-state index is 11.9. The van der Waals surface area contributed by atoms with E-state index in [4.69, 9.17) is 5.11 Å². The first-order valence-corrected chi connectivity index (χ1v) is 11.8. The Morgan fingerprint density at radius 1 is 0.600 bits per heavy atom. The summed E-state index contributed by atoms with van der Waals surface area (Å²) >= 11 is 0. The zero-order chi connectivity index (χ0) is 29.4. The Morgan fingerprint density at radius 2 is 1.30 bits per heavy atom. The van der Waals surface area contributed by atoms with Crippen LogP contribution in [-0.2, 0) is 0 Å². The Hall–Kier alpha value is -5.70. The Morgan fingerprint density at radius 3 is 1.98 bits per heavy atom. The standard InChI is InChI=1S/C16H14O3.C15H12O6/c1-11-5-6-12(16(19)9-11)7-8-15(18)13-3-2-4-14(17)10-13;16-10(9-3-6-12(18)15(21)14(9)20)4-1-8-2-5-11(17)13(19)7-8/h2-10,17,19H,1H3;1-7,17-21H. The fourth-order valence-corrected chi connectivity index (χ4v) is 3.39. The summed E-state index contributed by atoms with van der Waals surface area (Å²) in [6.45, 7) is 1.88. The number of phenols is 7. The van der Waals surface area contributed by atoms with E-state index in [1.807, 2.05) is 13.0 Å². The van der Waals surface area contributed by atoms with Gasteiger partial charge in [-0.25, -0.2) is 0 Å². The third kappa shape index (κ3) is 7.42. The largest absolute Gasteiger partial charge is 0.508 e. The summed E-state index contributed by atoms with van der Waals surface area (Å²) in [5.41, 5.74) is 2.22. The molecule has 0 fully saturated rings. The molecule has 0 atom stereocenters. The second-order valence-electron chi connectivity index (χ2n) is 8.59. The normalized spacial score (nSPS) is 10.8. The van der Waals surface area contributed by atoms with Gasteiger partial charge in [-0.15, -0.1) is 0 Å². The molecule has 9 nitrogen and oxygen atoms in total. The fourth-order valence-electron chi connectivity index (χ4n) is 3.39. The van der Waals surface area contributed by atoms with E-state index in [2.05, 4.69) is 0 Å². The van der Waals surface area contributed by atoms with Crippen molar-refractivity contribution in [3.05, 3.63) is 113 Å². The van der Waals surface area contributed by atoms with E-state index in [0.717, 1.165) is 17.7 Å². The monoisotopic (exact) mass is 542 g/mol. The average molecular weight is 543 g/mol. The molecule has 0 aliphatic heterocycles. The second kappa shape index (κ2) is 12.7. The van der Waals surface area contributed by atoms with E-state index in [1.165, 1.54) is 48.6 Å². The SMILES string of the molecule is Cc1ccc(C=CC(=O)c2cccc(O)c2)c(O)c1.O=C(C=Cc1ccc(O)c(O)c1)c1ccc(O)c(O)c1O. The van der Waals surface area contributed by atoms with Gasteiger partial charge in [-0.1, -0.05) is 36.4 Å². The number of ketones is 2. The first-order valence-electron chi connectivity index (χ1n) is 11.8. The molecule has 0 spiro atoms. The molecule has 0 radical (unpaired) electrons. The number of benzene rings is 4. The lowest BCUT2D eigenvalue weighted by atomic mass is 10.1. The highest BCUT2D eigenvalue weighted by molar-refractivity contribution is 6.09. The van der Waals surface area contributed by atoms with Gasteiger partial charge in [0.25, 0.3) is 0 Å². The van der Waals surface area contributed by atoms with Crippen molar-refractivity contribution < 1.29 is 45.3 Å². The molecule has 0 bridgehead atoms. The average Bonchev–Trinajstić information content (AvgIpc) is 2.92. The van der Waals surface area contributed by atoms with Crippen LogP contribution in [0.15, 0.2) is 84.9 Å². The molecule has 4 rings (SSSR count). The molecule has 9 heteroatoms. The molecular formula is C31H26O9. The first kappa shape index (κ1) is 28.9. The van der Waals surface area contributed by atoms with Crippen LogP contribution in [0.4, 0.5) is 0 Å². The minimum absolute atomic E-state index is 0.0532. The Labute approximate surface area is 229 Å². The maximum Gasteiger partial charge on any atom is 0.201 e. The number of rotatable bonds is 6. The van der Waals surface area contributed by atoms with Crippen molar-refractivity contribution in [2.45, 2.75) is 6.92 Å². The van der Waals surface area contributed by atoms with Crippen LogP contribution < -0.4 is 0 Å². The van der Waals surface area contributed by atoms with Gasteiger partial charge in [-0.2, -0.15) is 0 Å². The molecule has 0 unspecified atom stereocenters. The van der Waals surface area contributed by atoms with E-state index in [0.29, 0.717) is 16.7 Å². The summed E-state index contributed by atoms with van der Waals surface area (Å²) in [7, 11) is 0. The second-order valence-corrected chi connectivity index (χ2v) is 8.59. The van der Waals surface area contributed by atoms with Gasteiger partial charge in [0, 0.05) is 11.1 Å². The first-order chi connectivity index (χ1) is 19.0. The summed E-state index contributed by atoms with van der Waals surface area (Å²) in [6, 6.07) is 17.7. The molecule has 4 aromatic rings. The van der Waals surface area contributed by atoms with Gasteiger partial charge in [0.15, 0.2) is 34.6 Å². The molecular weight excluding hydrogens is 516 g/mol. The predicted octanol–water partition coefficient (Wildman–Crippen LogP) is 5.41. The van der Waals surface area contributed by atoms with Crippen molar-refractivity contribution in [1.82, 2.24) is 0 Å². The highest BCUT2D eigenvalue weighted by Gasteiger charge is 2.15. The van der Waals surface area contributed by atoms with E-state index < -0.39 is 23.0 Å². The molecule has 0 amide bonds. The zero-order valence-electron chi connectivity index (χ0n) is 21.2. The number of aromatic hydroxyl groups is 7. The molecule has 0 aliphatic rings. The molecule has 7 N–H and O–H groups in total. The van der Waals surface area contributed by atoms with Crippen molar-refractivity contribution in [2.75, 3.05) is 0 Å². The summed E-state index contributed by atoms with van der Waals surface area (Å²) in [6.07, 6.45) is 5.42. The van der Waals surface area contributed by atoms with Crippen molar-refractivity contribution >= 4 is 23.7 Å². The summed E-state index contributed by atoms with van der Waals surface area (Å²) in [4.78, 5) is 23.8. The van der Waals surface area contributed by atoms with Gasteiger partial charge < -0.3 is 35.7 Å². The number of hydrogen-bond donors (Lipinski definition) is 7. The van der Waals surface area contributed by atoms with Crippen molar-refractivity contribution in [2.24, 2.45) is 0 Å². The van der Waals surface area contributed by atoms with E-state index in [9.17, 15) is 40.2 Å². The van der Waals surface area contributed by atoms with Crippen LogP contribution in [0.25, 0.3) is 12.2 Å². The third-order valence-electron chi connectivity index (χ3n) is 5.55. The predicted molar refractivity (Wildman–Crippen MR) is 149 cm³/mol. The number of aryl methyl sites for hydroxylation is 1. The van der Waals surface area contributed by atoms with E-state index >= 15 is 0 Å². The number of carbonyl (C=O) groups excluding carboxylic acids is 2. The molecule has 40 heavy (non-hydrogen) atoms. The lowest BCUT2D eigenvalue weighted by Gasteiger charge is -2.04. The number of carbonyl (C=O) groups is 2. The fraction of sp³-hybridized carbons (Fsp3) is 0.0323. The van der Waals surface area contributed by atoms with Crippen molar-refractivity contribution in [1.29, 1.82) is 0 Å². The van der Waals surface area contributed by atoms with Crippen LogP contribution in [0.5, 0.6) is 40.2 Å². The Balaban J connectivity index is 0.000000222. The summed E-state index contributed by atoms with van der Waals surface area (Å²) in [5.74, 6) is -3.25. The van der Waals surface area contributed by atoms with Gasteiger partial charge in [0.05, 0.1) is 5.56 Å². The van der Waals surface area contributed by atoms with Crippen LogP contribution in [0.3, 0.4) is 0 Å². The molecule has 0 heterocycles. The summed E-state index contributed by atoms with van der Waals surface area (Å²) < 4.78 is 0. The highest BCUT2D eigenvalue weighted by atomic mass is 16.3. The molecule has 0 saturated heterocycles. The highest BCUT2D eigenvalue weighted by Crippen LogP contribution is 2.37. The molecule has 0 saturated carbocycles. The van der Waals surface area contributed by atoms with Gasteiger partial charge in [0.1, 0.15) is 11.5 Å². The lowest BCUT2D eigenvalue weighted by molar-refractivity contribution is 0.103. The Kier molecular flexibility index (Phi) is 9.17. The number of phenolic OH excluding ortho intramolecular Hbond substituents is 7. The topological polar surface area (TPSA) is 176 Å². The van der Waals surface area contributed by atoms with Crippen LogP contribution in [0.2, 0.25) is 0 Å². The molecule has 0 aliphatic carbocycles. The van der Waals surface area contributed by atoms with Crippen LogP contribution in [-0.4, -0.2) is 47.3 Å². The minimum atomic E-state index is -0.767. The van der Waals surface area contributed by atoms with Gasteiger partial charge in [-0.05, 0) is 78.7 Å². The quantitative estimate of drug-likeness (QED) is 0.0953. The molecule has 0 aromatic heterocycles. The maximum atomic E-state index is 11.9. The zero-order valence-corrected chi connectivity index (χ0v) is 21.2. The van der Waals surface area contributed by atoms with Crippen LogP contribution in [0.1, 0.15) is 37.4 Å². The smallest absolute Gasteiger partial charge is 0.201 e. The third-order valence-corrected chi connectivity index (χ3v) is 5.55. The van der Waals surface area contributed by atoms with E-state index in [-0.39, 0.29) is 34.3 Å². The van der Waals surface area contributed by atoms with E-state index in [1.54, 1.807) is 30.3 Å². The number of allylic oxidation sites excluding steroid dienone is 2. The number of hydrogen-bond acceptors (Lipinski definition) is 9. The lowest BCUT2D eigenvalue weighted by Crippen LogP contribution is -1.95. The summed E-state index contributed by atoms with van der Waals surface area (Å²) in [5, 5.41) is 65.6. The van der Waals surface area contributed by atoms with Gasteiger partial charge in [-0.3, -0.25) is 9.59 Å². The van der Waals surface area contributed by atoms with Crippen molar-refractivity contribution in [3.8, 4) is 40.2 Å². The van der Waals surface area contributed by atoms with Crippen LogP contribution >= 0.6 is 0 Å². The van der Waals surface area contributed by atoms with Crippen LogP contribution in [0, 0.1) is 6.92 Å². The van der Waals surface area contributed by atoms with Gasteiger partial charge >= 0.3 is 0 Å².